The van der Waals surface area contributed by atoms with E-state index in [0.29, 0.717) is 11.6 Å². The third-order valence-corrected chi connectivity index (χ3v) is 2.74. The van der Waals surface area contributed by atoms with E-state index in [2.05, 4.69) is 20.6 Å². The fourth-order valence-corrected chi connectivity index (χ4v) is 1.95. The van der Waals surface area contributed by atoms with Crippen LogP contribution in [0, 0.1) is 18.3 Å². The summed E-state index contributed by atoms with van der Waals surface area (Å²) in [5, 5.41) is 17.6. The molecule has 0 atom stereocenters. The van der Waals surface area contributed by atoms with E-state index < -0.39 is 0 Å². The van der Waals surface area contributed by atoms with E-state index in [1.54, 1.807) is 17.4 Å². The van der Waals surface area contributed by atoms with Gasteiger partial charge in [0.2, 0.25) is 0 Å². The number of anilines is 3. The van der Waals surface area contributed by atoms with E-state index in [1.165, 1.54) is 0 Å². The lowest BCUT2D eigenvalue weighted by Crippen LogP contribution is -2.04. The van der Waals surface area contributed by atoms with Crippen LogP contribution in [-0.4, -0.2) is 16.5 Å². The lowest BCUT2D eigenvalue weighted by Gasteiger charge is -2.07. The molecule has 0 amide bonds. The first kappa shape index (κ1) is 11.4. The Morgan fingerprint density at radius 3 is 2.94 bits per heavy atom. The second-order valence-corrected chi connectivity index (χ2v) is 4.25. The van der Waals surface area contributed by atoms with Gasteiger partial charge in [0.05, 0.1) is 11.1 Å². The van der Waals surface area contributed by atoms with Crippen LogP contribution in [0.25, 0.3) is 0 Å². The first-order chi connectivity index (χ1) is 8.28. The van der Waals surface area contributed by atoms with Gasteiger partial charge < -0.3 is 10.6 Å². The second kappa shape index (κ2) is 5.27. The minimum Gasteiger partial charge on any atom is -0.357 e. The molecule has 0 spiro atoms. The molecule has 0 radical (unpaired) electrons. The predicted octanol–water partition coefficient (Wildman–Crippen LogP) is 2.53. The summed E-state index contributed by atoms with van der Waals surface area (Å²) < 4.78 is 0. The summed E-state index contributed by atoms with van der Waals surface area (Å²) in [5.41, 5.74) is 0. The van der Waals surface area contributed by atoms with Gasteiger partial charge in [0.25, 0.3) is 0 Å². The van der Waals surface area contributed by atoms with Crippen LogP contribution in [0.3, 0.4) is 0 Å². The topological polar surface area (TPSA) is 73.6 Å². The molecule has 2 rings (SSSR count). The lowest BCUT2D eigenvalue weighted by molar-refractivity contribution is 1.05. The highest BCUT2D eigenvalue weighted by molar-refractivity contribution is 7.14. The van der Waals surface area contributed by atoms with E-state index in [-0.39, 0.29) is 6.54 Å². The molecule has 0 fully saturated rings. The summed E-state index contributed by atoms with van der Waals surface area (Å²) in [4.78, 5) is 8.47. The fraction of sp³-hybridized carbons (Fsp3) is 0.182. The monoisotopic (exact) mass is 245 g/mol. The standard InChI is InChI=1S/C11H11N5S/c1-8-14-9(13-5-4-12)7-10(15-8)16-11-3-2-6-17-11/h2-3,6-7H,5H2,1H3,(H2,13,14,15,16). The molecule has 2 aromatic heterocycles. The van der Waals surface area contributed by atoms with Crippen LogP contribution in [-0.2, 0) is 0 Å². The van der Waals surface area contributed by atoms with Crippen molar-refractivity contribution in [2.45, 2.75) is 6.92 Å². The molecule has 0 aliphatic carbocycles. The summed E-state index contributed by atoms with van der Waals surface area (Å²) in [6.45, 7) is 2.05. The second-order valence-electron chi connectivity index (χ2n) is 3.30. The molecule has 0 aromatic carbocycles. The third-order valence-electron chi connectivity index (χ3n) is 1.96. The van der Waals surface area contributed by atoms with E-state index in [1.807, 2.05) is 30.5 Å². The third kappa shape index (κ3) is 3.16. The van der Waals surface area contributed by atoms with Crippen LogP contribution in [0.2, 0.25) is 0 Å². The van der Waals surface area contributed by atoms with Crippen LogP contribution in [0.5, 0.6) is 0 Å². The summed E-state index contributed by atoms with van der Waals surface area (Å²) in [5.74, 6) is 2.03. The van der Waals surface area contributed by atoms with Crippen molar-refractivity contribution in [1.82, 2.24) is 9.97 Å². The maximum absolute atomic E-state index is 8.50. The maximum Gasteiger partial charge on any atom is 0.136 e. The van der Waals surface area contributed by atoms with Gasteiger partial charge in [-0.2, -0.15) is 5.26 Å². The van der Waals surface area contributed by atoms with Crippen LogP contribution in [0.4, 0.5) is 16.6 Å². The number of hydrogen-bond donors (Lipinski definition) is 2. The molecule has 0 saturated carbocycles. The number of rotatable bonds is 4. The minimum absolute atomic E-state index is 0.231. The average molecular weight is 245 g/mol. The molecule has 2 aromatic rings. The first-order valence-corrected chi connectivity index (χ1v) is 5.93. The number of hydrogen-bond acceptors (Lipinski definition) is 6. The predicted molar refractivity (Wildman–Crippen MR) is 68.5 cm³/mol. The number of nitrogens with zero attached hydrogens (tertiary/aromatic N) is 3. The lowest BCUT2D eigenvalue weighted by atomic mass is 10.4. The number of nitriles is 1. The smallest absolute Gasteiger partial charge is 0.136 e. The van der Waals surface area contributed by atoms with Crippen molar-refractivity contribution >= 4 is 28.0 Å². The van der Waals surface area contributed by atoms with Gasteiger partial charge in [0, 0.05) is 6.07 Å². The fourth-order valence-electron chi connectivity index (χ4n) is 1.33. The van der Waals surface area contributed by atoms with Gasteiger partial charge in [-0.3, -0.25) is 0 Å². The van der Waals surface area contributed by atoms with Gasteiger partial charge in [-0.15, -0.1) is 11.3 Å². The van der Waals surface area contributed by atoms with Crippen molar-refractivity contribution in [3.63, 3.8) is 0 Å². The molecule has 0 saturated heterocycles. The highest BCUT2D eigenvalue weighted by atomic mass is 32.1. The summed E-state index contributed by atoms with van der Waals surface area (Å²) in [6, 6.07) is 7.74. The SMILES string of the molecule is Cc1nc(NCC#N)cc(Nc2cccs2)n1. The van der Waals surface area contributed by atoms with E-state index in [0.717, 1.165) is 10.8 Å². The molecular weight excluding hydrogens is 234 g/mol. The molecule has 0 aliphatic rings. The zero-order valence-electron chi connectivity index (χ0n) is 9.27. The average Bonchev–Trinajstić information content (AvgIpc) is 2.78. The summed E-state index contributed by atoms with van der Waals surface area (Å²) in [7, 11) is 0. The molecular formula is C11H11N5S. The van der Waals surface area contributed by atoms with E-state index >= 15 is 0 Å². The highest BCUT2D eigenvalue weighted by Gasteiger charge is 2.02. The molecule has 86 valence electrons. The molecule has 0 aliphatic heterocycles. The quantitative estimate of drug-likeness (QED) is 0.810. The van der Waals surface area contributed by atoms with Crippen LogP contribution < -0.4 is 10.6 Å². The van der Waals surface area contributed by atoms with E-state index in [4.69, 9.17) is 5.26 Å². The Kier molecular flexibility index (Phi) is 3.52. The molecule has 5 nitrogen and oxygen atoms in total. The summed E-state index contributed by atoms with van der Waals surface area (Å²) in [6.07, 6.45) is 0. The molecule has 0 unspecified atom stereocenters. The van der Waals surface area contributed by atoms with E-state index in [9.17, 15) is 0 Å². The molecule has 6 heteroatoms. The zero-order chi connectivity index (χ0) is 12.1. The Morgan fingerprint density at radius 2 is 2.24 bits per heavy atom. The molecule has 0 bridgehead atoms. The Bertz CT molecular complexity index is 529. The van der Waals surface area contributed by atoms with Crippen molar-refractivity contribution in [2.24, 2.45) is 0 Å². The first-order valence-electron chi connectivity index (χ1n) is 5.05. The van der Waals surface area contributed by atoms with Gasteiger partial charge >= 0.3 is 0 Å². The van der Waals surface area contributed by atoms with Gasteiger partial charge in [0.1, 0.15) is 24.0 Å². The van der Waals surface area contributed by atoms with Crippen LogP contribution in [0.15, 0.2) is 23.6 Å². The van der Waals surface area contributed by atoms with Gasteiger partial charge in [-0.05, 0) is 24.4 Å². The van der Waals surface area contributed by atoms with Crippen molar-refractivity contribution in [2.75, 3.05) is 17.2 Å². The van der Waals surface area contributed by atoms with Crippen molar-refractivity contribution in [3.05, 3.63) is 29.4 Å². The van der Waals surface area contributed by atoms with Crippen LogP contribution in [0.1, 0.15) is 5.82 Å². The normalized spacial score (nSPS) is 9.65. The van der Waals surface area contributed by atoms with Gasteiger partial charge in [-0.25, -0.2) is 9.97 Å². The van der Waals surface area contributed by atoms with Crippen molar-refractivity contribution in [1.29, 1.82) is 5.26 Å². The van der Waals surface area contributed by atoms with Crippen LogP contribution >= 0.6 is 11.3 Å². The Balaban J connectivity index is 2.17. The highest BCUT2D eigenvalue weighted by Crippen LogP contribution is 2.21. The number of thiophene rings is 1. The Morgan fingerprint density at radius 1 is 1.41 bits per heavy atom. The zero-order valence-corrected chi connectivity index (χ0v) is 10.1. The van der Waals surface area contributed by atoms with Gasteiger partial charge in [-0.1, -0.05) is 0 Å². The largest absolute Gasteiger partial charge is 0.357 e. The van der Waals surface area contributed by atoms with Gasteiger partial charge in [0.15, 0.2) is 0 Å². The molecule has 2 heterocycles. The Labute approximate surface area is 103 Å². The number of aromatic nitrogens is 2. The number of nitrogens with one attached hydrogen (secondary N) is 2. The van der Waals surface area contributed by atoms with Crippen molar-refractivity contribution < 1.29 is 0 Å². The van der Waals surface area contributed by atoms with Crippen molar-refractivity contribution in [3.8, 4) is 6.07 Å². The maximum atomic E-state index is 8.50. The Hall–Kier alpha value is -2.13. The summed E-state index contributed by atoms with van der Waals surface area (Å²) >= 11 is 1.60. The molecule has 17 heavy (non-hydrogen) atoms. The number of aryl methyl sites for hydroxylation is 1. The molecule has 2 N–H and O–H groups in total. The minimum atomic E-state index is 0.231.